The molecule has 1 atom stereocenters. The van der Waals surface area contributed by atoms with Gasteiger partial charge in [0.05, 0.1) is 11.4 Å². The number of para-hydroxylation sites is 2. The smallest absolute Gasteiger partial charge is 0.278 e. The number of aryl methyl sites for hydroxylation is 1. The summed E-state index contributed by atoms with van der Waals surface area (Å²) in [6, 6.07) is 6.81. The van der Waals surface area contributed by atoms with Crippen molar-refractivity contribution in [3.8, 4) is 5.75 Å². The molecule has 3 N–H and O–H groups in total. The van der Waals surface area contributed by atoms with E-state index < -0.39 is 23.3 Å². The molecule has 1 aliphatic rings. The topological polar surface area (TPSA) is 114 Å². The highest BCUT2D eigenvalue weighted by Gasteiger charge is 2.47. The summed E-state index contributed by atoms with van der Waals surface area (Å²) in [6.45, 7) is 1.36. The van der Waals surface area contributed by atoms with E-state index in [4.69, 9.17) is 4.74 Å². The quantitative estimate of drug-likeness (QED) is 0.703. The van der Waals surface area contributed by atoms with E-state index in [9.17, 15) is 14.4 Å². The van der Waals surface area contributed by atoms with Gasteiger partial charge in [-0.05, 0) is 19.1 Å². The molecule has 1 aliphatic heterocycles. The molecular formula is C16H17N5O4. The van der Waals surface area contributed by atoms with Crippen LogP contribution in [0.2, 0.25) is 0 Å². The first-order valence-electron chi connectivity index (χ1n) is 7.52. The summed E-state index contributed by atoms with van der Waals surface area (Å²) in [6.07, 6.45) is 1.47. The predicted molar refractivity (Wildman–Crippen MR) is 89.3 cm³/mol. The molecule has 25 heavy (non-hydrogen) atoms. The maximum absolute atomic E-state index is 12.7. The van der Waals surface area contributed by atoms with Crippen molar-refractivity contribution in [3.63, 3.8) is 0 Å². The number of ether oxygens (including phenoxy) is 1. The van der Waals surface area contributed by atoms with Crippen molar-refractivity contribution in [1.82, 2.24) is 15.1 Å². The molecular weight excluding hydrogens is 326 g/mol. The fourth-order valence-corrected chi connectivity index (χ4v) is 2.42. The summed E-state index contributed by atoms with van der Waals surface area (Å²) in [4.78, 5) is 37.0. The summed E-state index contributed by atoms with van der Waals surface area (Å²) in [5, 5.41) is 11.6. The van der Waals surface area contributed by atoms with Crippen LogP contribution in [0.5, 0.6) is 5.75 Å². The molecule has 3 rings (SSSR count). The van der Waals surface area contributed by atoms with Crippen LogP contribution < -0.4 is 20.7 Å². The third-order valence-corrected chi connectivity index (χ3v) is 3.84. The summed E-state index contributed by atoms with van der Waals surface area (Å²) in [7, 11) is 3.07. The minimum atomic E-state index is -1.79. The van der Waals surface area contributed by atoms with Crippen molar-refractivity contribution in [2.75, 3.05) is 17.7 Å². The Morgan fingerprint density at radius 3 is 2.76 bits per heavy atom. The second kappa shape index (κ2) is 5.93. The van der Waals surface area contributed by atoms with Crippen LogP contribution in [-0.2, 0) is 16.6 Å². The molecule has 3 amide bonds. The molecule has 1 unspecified atom stereocenters. The molecule has 9 nitrogen and oxygen atoms in total. The van der Waals surface area contributed by atoms with E-state index in [1.807, 2.05) is 0 Å². The molecule has 0 radical (unpaired) electrons. The molecule has 1 aromatic heterocycles. The maximum Gasteiger partial charge on any atom is 0.278 e. The van der Waals surface area contributed by atoms with Gasteiger partial charge in [0.25, 0.3) is 23.3 Å². The number of nitrogens with zero attached hydrogens (tertiary/aromatic N) is 2. The highest BCUT2D eigenvalue weighted by Crippen LogP contribution is 2.33. The molecule has 9 heteroatoms. The number of benzene rings is 1. The standard InChI is InChI=1S/C16H17N5O4/c1-16(14(23)18-9-6-4-5-7-11(9)25-16)15(24)19-10-8-21(3)20-12(10)13(22)17-2/h4-8H,1-3H3,(H,17,22)(H,18,23)(H,19,24). The highest BCUT2D eigenvalue weighted by molar-refractivity contribution is 6.19. The van der Waals surface area contributed by atoms with Gasteiger partial charge in [-0.15, -0.1) is 0 Å². The highest BCUT2D eigenvalue weighted by atomic mass is 16.5. The zero-order valence-corrected chi connectivity index (χ0v) is 13.9. The van der Waals surface area contributed by atoms with Crippen molar-refractivity contribution in [2.24, 2.45) is 7.05 Å². The largest absolute Gasteiger partial charge is 0.466 e. The average molecular weight is 343 g/mol. The van der Waals surface area contributed by atoms with Crippen molar-refractivity contribution in [2.45, 2.75) is 12.5 Å². The van der Waals surface area contributed by atoms with Gasteiger partial charge in [0, 0.05) is 20.3 Å². The Labute approximate surface area is 143 Å². The minimum Gasteiger partial charge on any atom is -0.466 e. The number of carbonyl (C=O) groups excluding carboxylic acids is 3. The Morgan fingerprint density at radius 2 is 2.04 bits per heavy atom. The van der Waals surface area contributed by atoms with E-state index in [0.717, 1.165) is 0 Å². The third-order valence-electron chi connectivity index (χ3n) is 3.84. The first kappa shape index (κ1) is 16.5. The van der Waals surface area contributed by atoms with Crippen LogP contribution in [-0.4, -0.2) is 40.2 Å². The van der Waals surface area contributed by atoms with Crippen LogP contribution in [0.15, 0.2) is 30.5 Å². The molecule has 0 saturated carbocycles. The Hall–Kier alpha value is -3.36. The molecule has 130 valence electrons. The molecule has 0 aliphatic carbocycles. The van der Waals surface area contributed by atoms with Crippen molar-refractivity contribution < 1.29 is 19.1 Å². The number of hydrogen-bond acceptors (Lipinski definition) is 5. The molecule has 1 aromatic carbocycles. The van der Waals surface area contributed by atoms with Crippen LogP contribution in [0.4, 0.5) is 11.4 Å². The van der Waals surface area contributed by atoms with E-state index in [0.29, 0.717) is 11.4 Å². The van der Waals surface area contributed by atoms with E-state index >= 15 is 0 Å². The van der Waals surface area contributed by atoms with Gasteiger partial charge in [-0.2, -0.15) is 5.10 Å². The molecule has 2 aromatic rings. The van der Waals surface area contributed by atoms with Gasteiger partial charge in [0.2, 0.25) is 0 Å². The van der Waals surface area contributed by atoms with Crippen molar-refractivity contribution >= 4 is 29.1 Å². The number of amides is 3. The van der Waals surface area contributed by atoms with Gasteiger partial charge in [-0.3, -0.25) is 19.1 Å². The van der Waals surface area contributed by atoms with Gasteiger partial charge in [-0.25, -0.2) is 0 Å². The van der Waals surface area contributed by atoms with E-state index in [1.54, 1.807) is 31.3 Å². The molecule has 0 fully saturated rings. The lowest BCUT2D eigenvalue weighted by Gasteiger charge is -2.33. The lowest BCUT2D eigenvalue weighted by molar-refractivity contribution is -0.143. The Morgan fingerprint density at radius 1 is 1.32 bits per heavy atom. The number of aromatic nitrogens is 2. The van der Waals surface area contributed by atoms with E-state index in [1.165, 1.54) is 24.9 Å². The number of hydrogen-bond donors (Lipinski definition) is 3. The Bertz CT molecular complexity index is 875. The fourth-order valence-electron chi connectivity index (χ4n) is 2.42. The normalized spacial score (nSPS) is 18.6. The lowest BCUT2D eigenvalue weighted by Crippen LogP contribution is -2.56. The fraction of sp³-hybridized carbons (Fsp3) is 0.250. The van der Waals surface area contributed by atoms with Gasteiger partial charge >= 0.3 is 0 Å². The first-order chi connectivity index (χ1) is 11.8. The number of carbonyl (C=O) groups is 3. The van der Waals surface area contributed by atoms with Gasteiger partial charge < -0.3 is 20.7 Å². The van der Waals surface area contributed by atoms with Gasteiger partial charge in [0.15, 0.2) is 5.69 Å². The SMILES string of the molecule is CNC(=O)c1nn(C)cc1NC(=O)C1(C)Oc2ccccc2NC1=O. The summed E-state index contributed by atoms with van der Waals surface area (Å²) in [5.41, 5.74) is -1.07. The number of nitrogens with one attached hydrogen (secondary N) is 3. The molecule has 0 spiro atoms. The second-order valence-electron chi connectivity index (χ2n) is 5.68. The molecule has 2 heterocycles. The average Bonchev–Trinajstić information content (AvgIpc) is 2.95. The van der Waals surface area contributed by atoms with Crippen LogP contribution in [0.25, 0.3) is 0 Å². The van der Waals surface area contributed by atoms with Crippen LogP contribution in [0.3, 0.4) is 0 Å². The Balaban J connectivity index is 1.89. The zero-order chi connectivity index (χ0) is 18.2. The minimum absolute atomic E-state index is 0.0403. The zero-order valence-electron chi connectivity index (χ0n) is 13.9. The van der Waals surface area contributed by atoms with Crippen LogP contribution in [0, 0.1) is 0 Å². The number of anilines is 2. The summed E-state index contributed by atoms with van der Waals surface area (Å²) >= 11 is 0. The van der Waals surface area contributed by atoms with Crippen molar-refractivity contribution in [1.29, 1.82) is 0 Å². The molecule has 0 saturated heterocycles. The number of fused-ring (bicyclic) bond motifs is 1. The summed E-state index contributed by atoms with van der Waals surface area (Å²) in [5.74, 6) is -1.38. The van der Waals surface area contributed by atoms with Crippen LogP contribution >= 0.6 is 0 Å². The number of rotatable bonds is 3. The first-order valence-corrected chi connectivity index (χ1v) is 7.52. The monoisotopic (exact) mass is 343 g/mol. The maximum atomic E-state index is 12.7. The predicted octanol–water partition coefficient (Wildman–Crippen LogP) is 0.508. The lowest BCUT2D eigenvalue weighted by atomic mass is 10.0. The molecule has 0 bridgehead atoms. The van der Waals surface area contributed by atoms with Gasteiger partial charge in [-0.1, -0.05) is 12.1 Å². The van der Waals surface area contributed by atoms with Crippen LogP contribution in [0.1, 0.15) is 17.4 Å². The van der Waals surface area contributed by atoms with E-state index in [2.05, 4.69) is 21.0 Å². The van der Waals surface area contributed by atoms with Gasteiger partial charge in [0.1, 0.15) is 5.75 Å². The van der Waals surface area contributed by atoms with Crippen molar-refractivity contribution in [3.05, 3.63) is 36.2 Å². The second-order valence-corrected chi connectivity index (χ2v) is 5.68. The third kappa shape index (κ3) is 2.80. The Kier molecular flexibility index (Phi) is 3.91. The van der Waals surface area contributed by atoms with E-state index in [-0.39, 0.29) is 11.4 Å². The summed E-state index contributed by atoms with van der Waals surface area (Å²) < 4.78 is 7.04.